The van der Waals surface area contributed by atoms with Crippen LogP contribution in [0.25, 0.3) is 0 Å². The van der Waals surface area contributed by atoms with Crippen molar-refractivity contribution in [2.45, 2.75) is 32.2 Å². The number of carboxylic acids is 1. The van der Waals surface area contributed by atoms with Gasteiger partial charge in [-0.05, 0) is 37.0 Å². The summed E-state index contributed by atoms with van der Waals surface area (Å²) >= 11 is 0. The number of hydrogen-bond acceptors (Lipinski definition) is 3. The molecule has 1 N–H and O–H groups in total. The van der Waals surface area contributed by atoms with E-state index in [-0.39, 0.29) is 5.91 Å². The second-order valence-corrected chi connectivity index (χ2v) is 5.52. The van der Waals surface area contributed by atoms with E-state index in [1.807, 2.05) is 25.1 Å². The van der Waals surface area contributed by atoms with Gasteiger partial charge in [-0.3, -0.25) is 9.59 Å². The predicted molar refractivity (Wildman–Crippen MR) is 78.2 cm³/mol. The van der Waals surface area contributed by atoms with Gasteiger partial charge < -0.3 is 14.7 Å². The Kier molecular flexibility index (Phi) is 4.50. The molecule has 2 rings (SSSR count). The predicted octanol–water partition coefficient (Wildman–Crippen LogP) is 2.39. The molecule has 0 radical (unpaired) electrons. The lowest BCUT2D eigenvalue weighted by atomic mass is 9.88. The standard InChI is InChI=1S/C16H21NO4/c1-10-9-11(7-8-13(10)21-3)15-12(16(19)20)5-4-6-14(18)17(15)2/h7-9,12,15H,4-6H2,1-3H3,(H,19,20). The summed E-state index contributed by atoms with van der Waals surface area (Å²) < 4.78 is 5.24. The van der Waals surface area contributed by atoms with Crippen LogP contribution in [0.15, 0.2) is 18.2 Å². The molecule has 1 amide bonds. The molecule has 0 spiro atoms. The van der Waals surface area contributed by atoms with E-state index in [2.05, 4.69) is 0 Å². The molecule has 1 heterocycles. The van der Waals surface area contributed by atoms with E-state index in [1.54, 1.807) is 19.1 Å². The number of amides is 1. The molecule has 0 aliphatic carbocycles. The first-order valence-corrected chi connectivity index (χ1v) is 7.08. The topological polar surface area (TPSA) is 66.8 Å². The Balaban J connectivity index is 2.45. The quantitative estimate of drug-likeness (QED) is 0.928. The van der Waals surface area contributed by atoms with Crippen molar-refractivity contribution in [2.24, 2.45) is 5.92 Å². The smallest absolute Gasteiger partial charge is 0.308 e. The second kappa shape index (κ2) is 6.16. The number of carboxylic acid groups (broad SMARTS) is 1. The van der Waals surface area contributed by atoms with E-state index < -0.39 is 17.9 Å². The zero-order valence-corrected chi connectivity index (χ0v) is 12.6. The van der Waals surface area contributed by atoms with Gasteiger partial charge in [-0.25, -0.2) is 0 Å². The summed E-state index contributed by atoms with van der Waals surface area (Å²) in [6, 6.07) is 5.16. The Morgan fingerprint density at radius 3 is 2.71 bits per heavy atom. The maximum atomic E-state index is 12.1. The van der Waals surface area contributed by atoms with E-state index in [0.717, 1.165) is 16.9 Å². The average molecular weight is 291 g/mol. The van der Waals surface area contributed by atoms with Crippen LogP contribution in [0.3, 0.4) is 0 Å². The number of benzene rings is 1. The summed E-state index contributed by atoms with van der Waals surface area (Å²) in [4.78, 5) is 25.2. The van der Waals surface area contributed by atoms with Gasteiger partial charge in [0.25, 0.3) is 0 Å². The third kappa shape index (κ3) is 3.01. The van der Waals surface area contributed by atoms with Crippen LogP contribution in [0, 0.1) is 12.8 Å². The molecule has 1 saturated heterocycles. The average Bonchev–Trinajstić information content (AvgIpc) is 2.59. The fraction of sp³-hybridized carbons (Fsp3) is 0.500. The van der Waals surface area contributed by atoms with E-state index in [1.165, 1.54) is 0 Å². The summed E-state index contributed by atoms with van der Waals surface area (Å²) in [5.74, 6) is -0.672. The van der Waals surface area contributed by atoms with Crippen LogP contribution in [-0.2, 0) is 9.59 Å². The number of hydrogen-bond donors (Lipinski definition) is 1. The van der Waals surface area contributed by atoms with Gasteiger partial charge in [0.1, 0.15) is 5.75 Å². The van der Waals surface area contributed by atoms with Gasteiger partial charge in [-0.2, -0.15) is 0 Å². The lowest BCUT2D eigenvalue weighted by Crippen LogP contribution is -2.36. The van der Waals surface area contributed by atoms with Crippen molar-refractivity contribution in [3.8, 4) is 5.75 Å². The summed E-state index contributed by atoms with van der Waals surface area (Å²) in [6.45, 7) is 1.91. The van der Waals surface area contributed by atoms with Crippen molar-refractivity contribution >= 4 is 11.9 Å². The molecule has 114 valence electrons. The highest BCUT2D eigenvalue weighted by molar-refractivity contribution is 5.79. The molecule has 2 atom stereocenters. The Hall–Kier alpha value is -2.04. The first-order valence-electron chi connectivity index (χ1n) is 7.08. The van der Waals surface area contributed by atoms with E-state index in [9.17, 15) is 14.7 Å². The minimum atomic E-state index is -0.852. The number of nitrogens with zero attached hydrogens (tertiary/aromatic N) is 1. The largest absolute Gasteiger partial charge is 0.496 e. The van der Waals surface area contributed by atoms with Crippen molar-refractivity contribution in [1.82, 2.24) is 4.90 Å². The van der Waals surface area contributed by atoms with Gasteiger partial charge in [0, 0.05) is 13.5 Å². The Bertz CT molecular complexity index is 555. The fourth-order valence-corrected chi connectivity index (χ4v) is 3.03. The van der Waals surface area contributed by atoms with Crippen LogP contribution in [0.4, 0.5) is 0 Å². The minimum absolute atomic E-state index is 0.00257. The molecular weight excluding hydrogens is 270 g/mol. The van der Waals surface area contributed by atoms with Gasteiger partial charge in [0.05, 0.1) is 19.1 Å². The molecule has 1 aliphatic heterocycles. The SMILES string of the molecule is COc1ccc(C2C(C(=O)O)CCCC(=O)N2C)cc1C. The van der Waals surface area contributed by atoms with Crippen LogP contribution in [-0.4, -0.2) is 36.0 Å². The number of likely N-dealkylation sites (tertiary alicyclic amines) is 1. The Labute approximate surface area is 124 Å². The normalized spacial score (nSPS) is 22.8. The van der Waals surface area contributed by atoms with Crippen LogP contribution < -0.4 is 4.74 Å². The highest BCUT2D eigenvalue weighted by Gasteiger charge is 2.36. The van der Waals surface area contributed by atoms with Crippen LogP contribution in [0.5, 0.6) is 5.75 Å². The van der Waals surface area contributed by atoms with Gasteiger partial charge in [0.2, 0.25) is 5.91 Å². The highest BCUT2D eigenvalue weighted by Crippen LogP contribution is 2.36. The molecule has 1 fully saturated rings. The molecule has 0 aromatic heterocycles. The first kappa shape index (κ1) is 15.4. The fourth-order valence-electron chi connectivity index (χ4n) is 3.03. The molecule has 1 aliphatic rings. The lowest BCUT2D eigenvalue weighted by Gasteiger charge is -2.31. The van der Waals surface area contributed by atoms with Crippen LogP contribution in [0.2, 0.25) is 0 Å². The molecule has 0 saturated carbocycles. The maximum absolute atomic E-state index is 12.1. The number of aliphatic carboxylic acids is 1. The molecule has 21 heavy (non-hydrogen) atoms. The number of ether oxygens (including phenoxy) is 1. The minimum Gasteiger partial charge on any atom is -0.496 e. The molecule has 1 aromatic rings. The number of rotatable bonds is 3. The molecule has 5 nitrogen and oxygen atoms in total. The van der Waals surface area contributed by atoms with Gasteiger partial charge in [-0.1, -0.05) is 12.1 Å². The zero-order chi connectivity index (χ0) is 15.6. The third-order valence-corrected chi connectivity index (χ3v) is 4.18. The van der Waals surface area contributed by atoms with Gasteiger partial charge in [-0.15, -0.1) is 0 Å². The Morgan fingerprint density at radius 2 is 2.14 bits per heavy atom. The van der Waals surface area contributed by atoms with Gasteiger partial charge in [0.15, 0.2) is 0 Å². The van der Waals surface area contributed by atoms with Crippen molar-refractivity contribution in [2.75, 3.05) is 14.2 Å². The number of aryl methyl sites for hydroxylation is 1. The summed E-state index contributed by atoms with van der Waals surface area (Å²) in [7, 11) is 3.29. The van der Waals surface area contributed by atoms with Crippen LogP contribution in [0.1, 0.15) is 36.4 Å². The first-order chi connectivity index (χ1) is 9.95. The number of carbonyl (C=O) groups excluding carboxylic acids is 1. The van der Waals surface area contributed by atoms with E-state index in [4.69, 9.17) is 4.74 Å². The van der Waals surface area contributed by atoms with Gasteiger partial charge >= 0.3 is 5.97 Å². The van der Waals surface area contributed by atoms with Crippen molar-refractivity contribution in [3.05, 3.63) is 29.3 Å². The number of carbonyl (C=O) groups is 2. The number of methoxy groups -OCH3 is 1. The van der Waals surface area contributed by atoms with E-state index in [0.29, 0.717) is 19.3 Å². The second-order valence-electron chi connectivity index (χ2n) is 5.52. The van der Waals surface area contributed by atoms with Crippen LogP contribution >= 0.6 is 0 Å². The zero-order valence-electron chi connectivity index (χ0n) is 12.6. The molecule has 0 bridgehead atoms. The van der Waals surface area contributed by atoms with Crippen molar-refractivity contribution in [3.63, 3.8) is 0 Å². The Morgan fingerprint density at radius 1 is 1.43 bits per heavy atom. The van der Waals surface area contributed by atoms with Crippen molar-refractivity contribution < 1.29 is 19.4 Å². The molecule has 5 heteroatoms. The lowest BCUT2D eigenvalue weighted by molar-refractivity contribution is -0.145. The summed E-state index contributed by atoms with van der Waals surface area (Å²) in [6.07, 6.45) is 1.54. The highest BCUT2D eigenvalue weighted by atomic mass is 16.5. The molecular formula is C16H21NO4. The maximum Gasteiger partial charge on any atom is 0.308 e. The summed E-state index contributed by atoms with van der Waals surface area (Å²) in [5, 5.41) is 9.51. The molecule has 1 aromatic carbocycles. The summed E-state index contributed by atoms with van der Waals surface area (Å²) in [5.41, 5.74) is 1.78. The third-order valence-electron chi connectivity index (χ3n) is 4.18. The van der Waals surface area contributed by atoms with E-state index >= 15 is 0 Å². The van der Waals surface area contributed by atoms with Crippen molar-refractivity contribution in [1.29, 1.82) is 0 Å². The molecule has 2 unspecified atom stereocenters. The monoisotopic (exact) mass is 291 g/mol.